The Labute approximate surface area is 166 Å². The minimum atomic E-state index is -0.798. The van der Waals surface area contributed by atoms with Gasteiger partial charge in [0.1, 0.15) is 11.5 Å². The molecule has 5 atom stereocenters. The van der Waals surface area contributed by atoms with Crippen LogP contribution in [0, 0.1) is 18.8 Å². The first kappa shape index (κ1) is 22.4. The van der Waals surface area contributed by atoms with Crippen LogP contribution in [0.2, 0.25) is 0 Å². The van der Waals surface area contributed by atoms with Crippen molar-refractivity contribution in [2.24, 2.45) is 11.8 Å². The zero-order valence-corrected chi connectivity index (χ0v) is 16.4. The Morgan fingerprint density at radius 3 is 2.75 bits per heavy atom. The van der Waals surface area contributed by atoms with Crippen molar-refractivity contribution in [3.8, 4) is 0 Å². The summed E-state index contributed by atoms with van der Waals surface area (Å²) in [6, 6.07) is 3.80. The van der Waals surface area contributed by atoms with E-state index in [0.717, 1.165) is 11.5 Å². The molecule has 0 aromatic carbocycles. The zero-order valence-electron chi connectivity index (χ0n) is 16.4. The molecule has 0 saturated heterocycles. The first-order valence-electron chi connectivity index (χ1n) is 10.0. The van der Waals surface area contributed by atoms with Gasteiger partial charge in [-0.2, -0.15) is 0 Å². The number of unbranched alkanes of at least 4 members (excludes halogenated alkanes) is 1. The normalized spacial score (nSPS) is 26.4. The highest BCUT2D eigenvalue weighted by Crippen LogP contribution is 2.36. The molecule has 2 rings (SSSR count). The number of carboxylic acids is 1. The molecule has 0 amide bonds. The Hall–Kier alpha value is -1.89. The minimum Gasteiger partial charge on any atom is -0.481 e. The maximum Gasteiger partial charge on any atom is 0.303 e. The molecule has 156 valence electrons. The summed E-state index contributed by atoms with van der Waals surface area (Å²) in [5.41, 5.74) is 0. The number of hydrogen-bond donors (Lipinski definition) is 4. The molecule has 1 heterocycles. The quantitative estimate of drug-likeness (QED) is 0.340. The van der Waals surface area contributed by atoms with E-state index in [4.69, 9.17) is 9.52 Å². The van der Waals surface area contributed by atoms with Gasteiger partial charge in [-0.25, -0.2) is 0 Å². The molecule has 1 saturated carbocycles. The van der Waals surface area contributed by atoms with Gasteiger partial charge >= 0.3 is 5.97 Å². The van der Waals surface area contributed by atoms with E-state index in [1.807, 2.05) is 37.3 Å². The lowest BCUT2D eigenvalue weighted by atomic mass is 9.89. The first-order chi connectivity index (χ1) is 13.4. The van der Waals surface area contributed by atoms with Crippen LogP contribution >= 0.6 is 0 Å². The lowest BCUT2D eigenvalue weighted by molar-refractivity contribution is -0.137. The largest absolute Gasteiger partial charge is 0.481 e. The maximum atomic E-state index is 10.5. The van der Waals surface area contributed by atoms with Crippen LogP contribution in [0.5, 0.6) is 0 Å². The predicted octanol–water partition coefficient (Wildman–Crippen LogP) is 3.00. The van der Waals surface area contributed by atoms with Crippen molar-refractivity contribution in [1.29, 1.82) is 0 Å². The Balaban J connectivity index is 1.81. The van der Waals surface area contributed by atoms with Crippen molar-refractivity contribution in [2.45, 2.75) is 70.2 Å². The van der Waals surface area contributed by atoms with E-state index < -0.39 is 24.3 Å². The fourth-order valence-electron chi connectivity index (χ4n) is 3.71. The van der Waals surface area contributed by atoms with Crippen molar-refractivity contribution >= 4 is 5.97 Å². The van der Waals surface area contributed by atoms with Crippen molar-refractivity contribution in [3.05, 3.63) is 48.0 Å². The predicted molar refractivity (Wildman–Crippen MR) is 106 cm³/mol. The third kappa shape index (κ3) is 7.26. The van der Waals surface area contributed by atoms with Crippen LogP contribution in [0.1, 0.15) is 50.0 Å². The SMILES string of the molecule is Cc1ccc(CCC(O)/C=C/C2C(O)CC(O)C2C/C=C/CCCC(=O)O)o1. The summed E-state index contributed by atoms with van der Waals surface area (Å²) in [6.45, 7) is 1.88. The lowest BCUT2D eigenvalue weighted by Crippen LogP contribution is -2.20. The Bertz CT molecular complexity index is 662. The van der Waals surface area contributed by atoms with Crippen LogP contribution in [-0.4, -0.2) is 44.7 Å². The van der Waals surface area contributed by atoms with E-state index in [2.05, 4.69) is 0 Å². The Morgan fingerprint density at radius 2 is 2.07 bits per heavy atom. The van der Waals surface area contributed by atoms with Crippen LogP contribution in [0.15, 0.2) is 40.9 Å². The lowest BCUT2D eigenvalue weighted by Gasteiger charge is -2.19. The molecule has 0 bridgehead atoms. The highest BCUT2D eigenvalue weighted by Gasteiger charge is 2.39. The number of aliphatic carboxylic acids is 1. The van der Waals surface area contributed by atoms with Gasteiger partial charge in [-0.3, -0.25) is 4.79 Å². The molecule has 0 aliphatic heterocycles. The monoisotopic (exact) mass is 392 g/mol. The zero-order chi connectivity index (χ0) is 20.5. The van der Waals surface area contributed by atoms with Crippen molar-refractivity contribution in [3.63, 3.8) is 0 Å². The summed E-state index contributed by atoms with van der Waals surface area (Å²) in [6.07, 6.45) is 9.08. The molecule has 1 fully saturated rings. The average Bonchev–Trinajstić information content (AvgIpc) is 3.16. The number of carbonyl (C=O) groups is 1. The summed E-state index contributed by atoms with van der Waals surface area (Å²) < 4.78 is 5.50. The van der Waals surface area contributed by atoms with E-state index >= 15 is 0 Å². The number of rotatable bonds is 11. The fraction of sp³-hybridized carbons (Fsp3) is 0.591. The summed E-state index contributed by atoms with van der Waals surface area (Å²) >= 11 is 0. The van der Waals surface area contributed by atoms with E-state index in [1.54, 1.807) is 6.08 Å². The second kappa shape index (κ2) is 11.2. The topological polar surface area (TPSA) is 111 Å². The second-order valence-electron chi connectivity index (χ2n) is 7.61. The third-order valence-electron chi connectivity index (χ3n) is 5.29. The highest BCUT2D eigenvalue weighted by atomic mass is 16.4. The average molecular weight is 392 g/mol. The van der Waals surface area contributed by atoms with E-state index in [-0.39, 0.29) is 18.3 Å². The smallest absolute Gasteiger partial charge is 0.303 e. The molecule has 6 heteroatoms. The molecule has 1 aliphatic carbocycles. The van der Waals surface area contributed by atoms with Gasteiger partial charge in [-0.1, -0.05) is 24.3 Å². The number of aliphatic hydroxyl groups excluding tert-OH is 3. The van der Waals surface area contributed by atoms with Gasteiger partial charge in [0.05, 0.1) is 18.3 Å². The maximum absolute atomic E-state index is 10.5. The Kier molecular flexibility index (Phi) is 8.96. The van der Waals surface area contributed by atoms with Crippen LogP contribution < -0.4 is 0 Å². The Morgan fingerprint density at radius 1 is 1.29 bits per heavy atom. The van der Waals surface area contributed by atoms with E-state index in [0.29, 0.717) is 38.5 Å². The standard InChI is InChI=1S/C22H32O6/c1-15-8-11-17(28-15)12-9-16(23)10-13-19-18(20(24)14-21(19)25)6-4-2-3-5-7-22(26)27/h2,4,8,10-11,13,16,18-21,23-25H,3,5-7,9,12,14H2,1H3,(H,26,27)/b4-2+,13-10+. The molecule has 1 aliphatic rings. The van der Waals surface area contributed by atoms with Gasteiger partial charge in [0, 0.05) is 25.2 Å². The van der Waals surface area contributed by atoms with E-state index in [9.17, 15) is 20.1 Å². The molecule has 0 spiro atoms. The summed E-state index contributed by atoms with van der Waals surface area (Å²) in [5.74, 6) is 0.573. The fourth-order valence-corrected chi connectivity index (χ4v) is 3.71. The van der Waals surface area contributed by atoms with E-state index in [1.165, 1.54) is 0 Å². The van der Waals surface area contributed by atoms with Gasteiger partial charge in [-0.15, -0.1) is 0 Å². The number of hydrogen-bond acceptors (Lipinski definition) is 5. The van der Waals surface area contributed by atoms with Crippen molar-refractivity contribution in [2.75, 3.05) is 0 Å². The molecular formula is C22H32O6. The third-order valence-corrected chi connectivity index (χ3v) is 5.29. The van der Waals surface area contributed by atoms with Crippen LogP contribution in [-0.2, 0) is 11.2 Å². The summed E-state index contributed by atoms with van der Waals surface area (Å²) in [5, 5.41) is 39.3. The molecule has 6 nitrogen and oxygen atoms in total. The molecule has 5 unspecified atom stereocenters. The molecule has 4 N–H and O–H groups in total. The van der Waals surface area contributed by atoms with Crippen LogP contribution in [0.25, 0.3) is 0 Å². The number of allylic oxidation sites excluding steroid dienone is 2. The summed E-state index contributed by atoms with van der Waals surface area (Å²) in [7, 11) is 0. The number of carboxylic acid groups (broad SMARTS) is 1. The van der Waals surface area contributed by atoms with Gasteiger partial charge < -0.3 is 24.8 Å². The van der Waals surface area contributed by atoms with Gasteiger partial charge in [0.25, 0.3) is 0 Å². The first-order valence-corrected chi connectivity index (χ1v) is 10.0. The number of furan rings is 1. The van der Waals surface area contributed by atoms with Crippen molar-refractivity contribution in [1.82, 2.24) is 0 Å². The molecule has 28 heavy (non-hydrogen) atoms. The number of aliphatic hydroxyl groups is 3. The van der Waals surface area contributed by atoms with Crippen LogP contribution in [0.3, 0.4) is 0 Å². The van der Waals surface area contributed by atoms with Crippen LogP contribution in [0.4, 0.5) is 0 Å². The van der Waals surface area contributed by atoms with Gasteiger partial charge in [-0.05, 0) is 50.7 Å². The van der Waals surface area contributed by atoms with Crippen molar-refractivity contribution < 1.29 is 29.6 Å². The molecule has 1 aromatic heterocycles. The van der Waals surface area contributed by atoms with Gasteiger partial charge in [0.15, 0.2) is 0 Å². The molecule has 0 radical (unpaired) electrons. The van der Waals surface area contributed by atoms with Gasteiger partial charge in [0.2, 0.25) is 0 Å². The second-order valence-corrected chi connectivity index (χ2v) is 7.61. The molecular weight excluding hydrogens is 360 g/mol. The molecule has 1 aromatic rings. The minimum absolute atomic E-state index is 0.109. The highest BCUT2D eigenvalue weighted by molar-refractivity contribution is 5.66. The number of aryl methyl sites for hydroxylation is 2. The summed E-state index contributed by atoms with van der Waals surface area (Å²) in [4.78, 5) is 10.5.